The van der Waals surface area contributed by atoms with Crippen LogP contribution in [0.3, 0.4) is 0 Å². The summed E-state index contributed by atoms with van der Waals surface area (Å²) in [6.45, 7) is 2.68. The number of benzene rings is 3. The first-order chi connectivity index (χ1) is 13.7. The number of nitrogens with zero attached hydrogens (tertiary/aromatic N) is 1. The number of ether oxygens (including phenoxy) is 2. The van der Waals surface area contributed by atoms with Crippen LogP contribution in [0, 0.1) is 0 Å². The summed E-state index contributed by atoms with van der Waals surface area (Å²) >= 11 is 0. The Morgan fingerprint density at radius 3 is 2.71 bits per heavy atom. The van der Waals surface area contributed by atoms with Crippen molar-refractivity contribution >= 4 is 22.9 Å². The summed E-state index contributed by atoms with van der Waals surface area (Å²) in [5.41, 5.74) is 4.38. The average Bonchev–Trinajstić information content (AvgIpc) is 2.73. The van der Waals surface area contributed by atoms with Gasteiger partial charge in [-0.15, -0.1) is 0 Å². The number of carbonyl (C=O) groups excluding carboxylic acids is 1. The van der Waals surface area contributed by atoms with Gasteiger partial charge in [0.15, 0.2) is 11.5 Å². The lowest BCUT2D eigenvalue weighted by Gasteiger charge is -2.10. The molecule has 0 aliphatic heterocycles. The Bertz CT molecular complexity index is 977. The molecule has 5 nitrogen and oxygen atoms in total. The number of hydrogen-bond acceptors (Lipinski definition) is 4. The van der Waals surface area contributed by atoms with Crippen LogP contribution < -0.4 is 14.9 Å². The van der Waals surface area contributed by atoms with Crippen molar-refractivity contribution in [3.8, 4) is 11.5 Å². The van der Waals surface area contributed by atoms with Gasteiger partial charge >= 0.3 is 0 Å². The number of hydrazone groups is 1. The quantitative estimate of drug-likeness (QED) is 0.470. The van der Waals surface area contributed by atoms with E-state index in [0.717, 1.165) is 28.3 Å². The Morgan fingerprint density at radius 1 is 1.07 bits per heavy atom. The molecule has 0 aliphatic rings. The van der Waals surface area contributed by atoms with Gasteiger partial charge in [-0.25, -0.2) is 5.43 Å². The van der Waals surface area contributed by atoms with E-state index in [9.17, 15) is 4.79 Å². The van der Waals surface area contributed by atoms with Gasteiger partial charge in [0.1, 0.15) is 0 Å². The predicted molar refractivity (Wildman–Crippen MR) is 112 cm³/mol. The van der Waals surface area contributed by atoms with Gasteiger partial charge in [0.05, 0.1) is 26.4 Å². The predicted octanol–water partition coefficient (Wildman–Crippen LogP) is 4.33. The van der Waals surface area contributed by atoms with Crippen LogP contribution in [0.2, 0.25) is 0 Å². The van der Waals surface area contributed by atoms with Crippen molar-refractivity contribution in [2.75, 3.05) is 13.7 Å². The second kappa shape index (κ2) is 9.55. The fraction of sp³-hybridized carbons (Fsp3) is 0.217. The Labute approximate surface area is 165 Å². The highest BCUT2D eigenvalue weighted by molar-refractivity contribution is 5.90. The first kappa shape index (κ1) is 19.4. The molecule has 1 amide bonds. The van der Waals surface area contributed by atoms with Crippen molar-refractivity contribution in [3.05, 3.63) is 71.8 Å². The molecule has 0 radical (unpaired) electrons. The minimum atomic E-state index is -0.164. The second-order valence-corrected chi connectivity index (χ2v) is 6.37. The van der Waals surface area contributed by atoms with Crippen molar-refractivity contribution in [3.63, 3.8) is 0 Å². The smallest absolute Gasteiger partial charge is 0.244 e. The monoisotopic (exact) mass is 376 g/mol. The number of nitrogens with one attached hydrogen (secondary N) is 1. The first-order valence-electron chi connectivity index (χ1n) is 9.30. The minimum absolute atomic E-state index is 0.164. The molecule has 3 rings (SSSR count). The molecule has 0 bridgehead atoms. The van der Waals surface area contributed by atoms with Gasteiger partial charge in [0, 0.05) is 0 Å². The van der Waals surface area contributed by atoms with Gasteiger partial charge in [-0.2, -0.15) is 5.10 Å². The molecule has 28 heavy (non-hydrogen) atoms. The van der Waals surface area contributed by atoms with Crippen LogP contribution in [0.25, 0.3) is 10.8 Å². The second-order valence-electron chi connectivity index (χ2n) is 6.37. The largest absolute Gasteiger partial charge is 0.493 e. The molecule has 0 unspecified atom stereocenters. The van der Waals surface area contributed by atoms with Crippen molar-refractivity contribution in [2.24, 2.45) is 5.10 Å². The maximum atomic E-state index is 12.3. The van der Waals surface area contributed by atoms with Crippen molar-refractivity contribution in [2.45, 2.75) is 19.8 Å². The van der Waals surface area contributed by atoms with Gasteiger partial charge < -0.3 is 9.47 Å². The highest BCUT2D eigenvalue weighted by Gasteiger charge is 2.07. The van der Waals surface area contributed by atoms with E-state index in [1.54, 1.807) is 13.3 Å². The number of carbonyl (C=O) groups is 1. The molecule has 3 aromatic carbocycles. The number of hydrogen-bond donors (Lipinski definition) is 1. The van der Waals surface area contributed by atoms with Crippen LogP contribution in [0.15, 0.2) is 65.8 Å². The third kappa shape index (κ3) is 4.88. The molecule has 0 aromatic heterocycles. The number of amides is 1. The summed E-state index contributed by atoms with van der Waals surface area (Å²) < 4.78 is 11.0. The zero-order chi connectivity index (χ0) is 19.8. The molecule has 0 saturated heterocycles. The lowest BCUT2D eigenvalue weighted by molar-refractivity contribution is -0.120. The lowest BCUT2D eigenvalue weighted by Crippen LogP contribution is -2.19. The summed E-state index contributed by atoms with van der Waals surface area (Å²) in [4.78, 5) is 12.3. The average molecular weight is 376 g/mol. The Morgan fingerprint density at radius 2 is 1.89 bits per heavy atom. The molecular formula is C23H24N2O3. The fourth-order valence-electron chi connectivity index (χ4n) is 2.93. The first-order valence-corrected chi connectivity index (χ1v) is 9.30. The Kier molecular flexibility index (Phi) is 6.63. The maximum absolute atomic E-state index is 12.3. The van der Waals surface area contributed by atoms with E-state index in [1.807, 2.05) is 60.7 Å². The summed E-state index contributed by atoms with van der Waals surface area (Å²) in [6, 6.07) is 19.5. The van der Waals surface area contributed by atoms with Crippen LogP contribution in [0.1, 0.15) is 24.5 Å². The number of fused-ring (bicyclic) bond motifs is 1. The van der Waals surface area contributed by atoms with Crippen LogP contribution in [0.5, 0.6) is 11.5 Å². The van der Waals surface area contributed by atoms with E-state index in [-0.39, 0.29) is 12.3 Å². The molecule has 1 N–H and O–H groups in total. The molecular weight excluding hydrogens is 352 g/mol. The van der Waals surface area contributed by atoms with Gasteiger partial charge in [0.25, 0.3) is 0 Å². The molecule has 144 valence electrons. The minimum Gasteiger partial charge on any atom is -0.493 e. The third-order valence-corrected chi connectivity index (χ3v) is 4.28. The molecule has 3 aromatic rings. The van der Waals surface area contributed by atoms with Crippen LogP contribution in [-0.2, 0) is 11.2 Å². The van der Waals surface area contributed by atoms with E-state index in [1.165, 1.54) is 0 Å². The third-order valence-electron chi connectivity index (χ3n) is 4.28. The zero-order valence-electron chi connectivity index (χ0n) is 16.1. The van der Waals surface area contributed by atoms with Gasteiger partial charge in [-0.1, -0.05) is 49.4 Å². The highest BCUT2D eigenvalue weighted by atomic mass is 16.5. The van der Waals surface area contributed by atoms with Crippen molar-refractivity contribution in [1.29, 1.82) is 0 Å². The van der Waals surface area contributed by atoms with E-state index in [2.05, 4.69) is 17.5 Å². The van der Waals surface area contributed by atoms with Gasteiger partial charge in [-0.05, 0) is 46.5 Å². The molecule has 0 heterocycles. The fourth-order valence-corrected chi connectivity index (χ4v) is 2.93. The molecule has 0 atom stereocenters. The summed E-state index contributed by atoms with van der Waals surface area (Å²) in [5, 5.41) is 6.26. The summed E-state index contributed by atoms with van der Waals surface area (Å²) in [5.74, 6) is 1.17. The van der Waals surface area contributed by atoms with Crippen LogP contribution >= 0.6 is 0 Å². The maximum Gasteiger partial charge on any atom is 0.244 e. The molecule has 5 heteroatoms. The number of rotatable bonds is 8. The SMILES string of the molecule is CCCOc1ccc(C=NNC(=O)Cc2cccc3ccccc23)cc1OC. The Balaban J connectivity index is 1.63. The molecule has 0 saturated carbocycles. The van der Waals surface area contributed by atoms with E-state index >= 15 is 0 Å². The summed E-state index contributed by atoms with van der Waals surface area (Å²) in [7, 11) is 1.60. The van der Waals surface area contributed by atoms with Gasteiger partial charge in [-0.3, -0.25) is 4.79 Å². The van der Waals surface area contributed by atoms with Crippen molar-refractivity contribution in [1.82, 2.24) is 5.43 Å². The lowest BCUT2D eigenvalue weighted by atomic mass is 10.0. The number of methoxy groups -OCH3 is 1. The van der Waals surface area contributed by atoms with Crippen LogP contribution in [-0.4, -0.2) is 25.8 Å². The Hall–Kier alpha value is -3.34. The van der Waals surface area contributed by atoms with Crippen LogP contribution in [0.4, 0.5) is 0 Å². The van der Waals surface area contributed by atoms with E-state index < -0.39 is 0 Å². The highest BCUT2D eigenvalue weighted by Crippen LogP contribution is 2.27. The zero-order valence-corrected chi connectivity index (χ0v) is 16.1. The molecule has 0 spiro atoms. The normalized spacial score (nSPS) is 10.9. The topological polar surface area (TPSA) is 59.9 Å². The van der Waals surface area contributed by atoms with Crippen molar-refractivity contribution < 1.29 is 14.3 Å². The summed E-state index contributed by atoms with van der Waals surface area (Å²) in [6.07, 6.45) is 2.79. The standard InChI is InChI=1S/C23H24N2O3/c1-3-13-28-21-12-11-17(14-22(21)27-2)16-24-25-23(26)15-19-9-6-8-18-7-4-5-10-20(18)19/h4-12,14,16H,3,13,15H2,1-2H3,(H,25,26). The van der Waals surface area contributed by atoms with Gasteiger partial charge in [0.2, 0.25) is 5.91 Å². The molecule has 0 fully saturated rings. The van der Waals surface area contributed by atoms with E-state index in [4.69, 9.17) is 9.47 Å². The molecule has 0 aliphatic carbocycles. The van der Waals surface area contributed by atoms with E-state index in [0.29, 0.717) is 18.1 Å².